The third kappa shape index (κ3) is 3.56. The Bertz CT molecular complexity index is 334. The van der Waals surface area contributed by atoms with Crippen LogP contribution in [0.15, 0.2) is 6.07 Å². The van der Waals surface area contributed by atoms with E-state index >= 15 is 0 Å². The van der Waals surface area contributed by atoms with Gasteiger partial charge in [0.25, 0.3) is 0 Å². The van der Waals surface area contributed by atoms with Crippen molar-refractivity contribution >= 4 is 0 Å². The van der Waals surface area contributed by atoms with E-state index in [9.17, 15) is 0 Å². The van der Waals surface area contributed by atoms with Crippen LogP contribution in [-0.4, -0.2) is 17.2 Å². The van der Waals surface area contributed by atoms with Crippen LogP contribution in [0.25, 0.3) is 0 Å². The van der Waals surface area contributed by atoms with E-state index in [4.69, 9.17) is 0 Å². The van der Waals surface area contributed by atoms with Gasteiger partial charge in [0.15, 0.2) is 0 Å². The second kappa shape index (κ2) is 5.94. The van der Waals surface area contributed by atoms with Crippen LogP contribution in [0.4, 0.5) is 0 Å². The Morgan fingerprint density at radius 1 is 1.19 bits per heavy atom. The van der Waals surface area contributed by atoms with Crippen molar-refractivity contribution in [1.29, 1.82) is 0 Å². The van der Waals surface area contributed by atoms with Gasteiger partial charge in [-0.05, 0) is 51.3 Å². The zero-order chi connectivity index (χ0) is 12.1. The molecule has 0 amide bonds. The highest BCUT2D eigenvalue weighted by atomic mass is 15.1. The average Bonchev–Trinajstić information content (AvgIpc) is 2.23. The molecule has 1 rings (SSSR count). The van der Waals surface area contributed by atoms with Crippen LogP contribution in [0.3, 0.4) is 0 Å². The predicted octanol–water partition coefficient (Wildman–Crippen LogP) is 2.79. The number of nitrogens with zero attached hydrogens (tertiary/aromatic N) is 2. The summed E-state index contributed by atoms with van der Waals surface area (Å²) < 4.78 is 0. The number of aromatic nitrogens is 2. The van der Waals surface area contributed by atoms with Gasteiger partial charge in [0.2, 0.25) is 0 Å². The van der Waals surface area contributed by atoms with E-state index in [1.807, 2.05) is 20.9 Å². The van der Waals surface area contributed by atoms with Crippen molar-refractivity contribution < 1.29 is 0 Å². The third-order valence-corrected chi connectivity index (χ3v) is 2.90. The summed E-state index contributed by atoms with van der Waals surface area (Å²) in [7, 11) is 2.01. The molecule has 0 spiro atoms. The maximum Gasteiger partial charge on any atom is 0.0648 e. The van der Waals surface area contributed by atoms with Gasteiger partial charge in [-0.1, -0.05) is 13.8 Å². The van der Waals surface area contributed by atoms with E-state index in [1.165, 1.54) is 12.0 Å². The molecule has 1 N–H and O–H groups in total. The summed E-state index contributed by atoms with van der Waals surface area (Å²) in [5, 5.41) is 11.6. The predicted molar refractivity (Wildman–Crippen MR) is 67.4 cm³/mol. The Hall–Kier alpha value is -0.960. The lowest BCUT2D eigenvalue weighted by Crippen LogP contribution is -2.19. The summed E-state index contributed by atoms with van der Waals surface area (Å²) >= 11 is 0. The Balaban J connectivity index is 2.81. The molecule has 0 fully saturated rings. The second-order valence-electron chi connectivity index (χ2n) is 4.84. The van der Waals surface area contributed by atoms with Gasteiger partial charge in [0.05, 0.1) is 11.4 Å². The molecule has 0 saturated heterocycles. The summed E-state index contributed by atoms with van der Waals surface area (Å²) in [4.78, 5) is 0. The van der Waals surface area contributed by atoms with Crippen molar-refractivity contribution in [1.82, 2.24) is 15.5 Å². The maximum atomic E-state index is 4.18. The van der Waals surface area contributed by atoms with Gasteiger partial charge < -0.3 is 5.32 Å². The van der Waals surface area contributed by atoms with Gasteiger partial charge in [-0.3, -0.25) is 0 Å². The highest BCUT2D eigenvalue weighted by Crippen LogP contribution is 2.22. The topological polar surface area (TPSA) is 37.8 Å². The molecule has 1 heterocycles. The minimum absolute atomic E-state index is 0.400. The molecule has 0 aliphatic heterocycles. The fraction of sp³-hybridized carbons (Fsp3) is 0.692. The van der Waals surface area contributed by atoms with Crippen molar-refractivity contribution in [3.63, 3.8) is 0 Å². The van der Waals surface area contributed by atoms with Gasteiger partial charge >= 0.3 is 0 Å². The van der Waals surface area contributed by atoms with Gasteiger partial charge in [-0.2, -0.15) is 10.2 Å². The smallest absolute Gasteiger partial charge is 0.0648 e. The third-order valence-electron chi connectivity index (χ3n) is 2.90. The number of aryl methyl sites for hydroxylation is 2. The molecule has 1 atom stereocenters. The number of hydrogen-bond acceptors (Lipinski definition) is 3. The van der Waals surface area contributed by atoms with Crippen LogP contribution in [-0.2, 0) is 0 Å². The van der Waals surface area contributed by atoms with Crippen molar-refractivity contribution in [3.8, 4) is 0 Å². The van der Waals surface area contributed by atoms with E-state index < -0.39 is 0 Å². The first-order valence-corrected chi connectivity index (χ1v) is 6.02. The normalized spacial score (nSPS) is 13.1. The van der Waals surface area contributed by atoms with Crippen LogP contribution in [0.2, 0.25) is 0 Å². The van der Waals surface area contributed by atoms with Crippen LogP contribution < -0.4 is 5.32 Å². The first-order chi connectivity index (χ1) is 7.54. The molecule has 16 heavy (non-hydrogen) atoms. The Kier molecular flexibility index (Phi) is 4.87. The molecule has 1 aromatic rings. The van der Waals surface area contributed by atoms with E-state index in [-0.39, 0.29) is 0 Å². The Morgan fingerprint density at radius 3 is 2.44 bits per heavy atom. The van der Waals surface area contributed by atoms with Crippen LogP contribution in [0.5, 0.6) is 0 Å². The lowest BCUT2D eigenvalue weighted by Gasteiger charge is -2.19. The summed E-state index contributed by atoms with van der Waals surface area (Å²) in [6.45, 7) is 8.54. The summed E-state index contributed by atoms with van der Waals surface area (Å²) in [6, 6.07) is 2.54. The second-order valence-corrected chi connectivity index (χ2v) is 4.84. The summed E-state index contributed by atoms with van der Waals surface area (Å²) in [5.74, 6) is 0.743. The van der Waals surface area contributed by atoms with Crippen molar-refractivity contribution in [2.24, 2.45) is 5.92 Å². The van der Waals surface area contributed by atoms with E-state index in [2.05, 4.69) is 35.4 Å². The Labute approximate surface area is 98.7 Å². The van der Waals surface area contributed by atoms with Crippen molar-refractivity contribution in [3.05, 3.63) is 23.0 Å². The minimum atomic E-state index is 0.400. The molecule has 0 aliphatic carbocycles. The molecule has 0 saturated carbocycles. The molecule has 3 heteroatoms. The lowest BCUT2D eigenvalue weighted by molar-refractivity contribution is 0.461. The number of hydrogen-bond donors (Lipinski definition) is 1. The van der Waals surface area contributed by atoms with Crippen LogP contribution in [0, 0.1) is 19.8 Å². The average molecular weight is 221 g/mol. The fourth-order valence-electron chi connectivity index (χ4n) is 1.88. The quantitative estimate of drug-likeness (QED) is 0.831. The highest BCUT2D eigenvalue weighted by molar-refractivity contribution is 5.23. The highest BCUT2D eigenvalue weighted by Gasteiger charge is 2.13. The SMILES string of the molecule is CNC(CCC(C)C)c1cc(C)nnc1C. The molecule has 0 aliphatic rings. The minimum Gasteiger partial charge on any atom is -0.313 e. The number of rotatable bonds is 5. The lowest BCUT2D eigenvalue weighted by atomic mass is 9.97. The molecule has 90 valence electrons. The molecule has 0 bridgehead atoms. The van der Waals surface area contributed by atoms with Gasteiger partial charge in [0, 0.05) is 6.04 Å². The van der Waals surface area contributed by atoms with Gasteiger partial charge in [-0.25, -0.2) is 0 Å². The van der Waals surface area contributed by atoms with Gasteiger partial charge in [0.1, 0.15) is 0 Å². The molecule has 1 aromatic heterocycles. The Morgan fingerprint density at radius 2 is 1.88 bits per heavy atom. The van der Waals surface area contributed by atoms with Gasteiger partial charge in [-0.15, -0.1) is 0 Å². The zero-order valence-corrected chi connectivity index (χ0v) is 11.0. The molecular weight excluding hydrogens is 198 g/mol. The van der Waals surface area contributed by atoms with Crippen molar-refractivity contribution in [2.45, 2.75) is 46.6 Å². The molecule has 3 nitrogen and oxygen atoms in total. The maximum absolute atomic E-state index is 4.18. The van der Waals surface area contributed by atoms with E-state index in [0.29, 0.717) is 6.04 Å². The monoisotopic (exact) mass is 221 g/mol. The van der Waals surface area contributed by atoms with E-state index in [0.717, 1.165) is 23.7 Å². The first kappa shape index (κ1) is 13.1. The standard InChI is InChI=1S/C13H23N3/c1-9(2)6-7-13(14-5)12-8-10(3)15-16-11(12)4/h8-9,13-14H,6-7H2,1-5H3. The van der Waals surface area contributed by atoms with Crippen molar-refractivity contribution in [2.75, 3.05) is 7.05 Å². The van der Waals surface area contributed by atoms with E-state index in [1.54, 1.807) is 0 Å². The molecule has 1 unspecified atom stereocenters. The first-order valence-electron chi connectivity index (χ1n) is 6.02. The molecule has 0 aromatic carbocycles. The largest absolute Gasteiger partial charge is 0.313 e. The van der Waals surface area contributed by atoms with Crippen LogP contribution >= 0.6 is 0 Å². The molecular formula is C13H23N3. The summed E-state index contributed by atoms with van der Waals surface area (Å²) in [5.41, 5.74) is 3.31. The fourth-order valence-corrected chi connectivity index (χ4v) is 1.88. The number of nitrogens with one attached hydrogen (secondary N) is 1. The van der Waals surface area contributed by atoms with Crippen LogP contribution in [0.1, 0.15) is 49.7 Å². The summed E-state index contributed by atoms with van der Waals surface area (Å²) in [6.07, 6.45) is 2.38. The molecule has 0 radical (unpaired) electrons. The zero-order valence-electron chi connectivity index (χ0n) is 11.0.